The van der Waals surface area contributed by atoms with Crippen LogP contribution in [0.5, 0.6) is 0 Å². The Morgan fingerprint density at radius 2 is 2.26 bits per heavy atom. The fraction of sp³-hybridized carbons (Fsp3) is 0.286. The summed E-state index contributed by atoms with van der Waals surface area (Å²) in [6.07, 6.45) is 5.40. The van der Waals surface area contributed by atoms with Gasteiger partial charge in [0.2, 0.25) is 0 Å². The Bertz CT molecular complexity index is 593. The van der Waals surface area contributed by atoms with Gasteiger partial charge in [-0.2, -0.15) is 0 Å². The highest BCUT2D eigenvalue weighted by atomic mass is 19.1. The normalized spacial score (nSPS) is 10.6. The molecule has 0 fully saturated rings. The molecule has 0 spiro atoms. The number of carboxylic acids is 1. The second-order valence-electron chi connectivity index (χ2n) is 4.34. The number of benzene rings is 1. The molecule has 0 saturated heterocycles. The number of aryl methyl sites for hydroxylation is 1. The molecule has 0 saturated carbocycles. The first kappa shape index (κ1) is 13.3. The van der Waals surface area contributed by atoms with Crippen LogP contribution in [0.15, 0.2) is 30.6 Å². The van der Waals surface area contributed by atoms with Crippen LogP contribution in [0, 0.1) is 5.82 Å². The molecule has 2 rings (SSSR count). The van der Waals surface area contributed by atoms with Crippen molar-refractivity contribution in [1.29, 1.82) is 0 Å². The summed E-state index contributed by atoms with van der Waals surface area (Å²) >= 11 is 0. The van der Waals surface area contributed by atoms with Crippen molar-refractivity contribution in [3.8, 4) is 0 Å². The second kappa shape index (κ2) is 5.65. The molecule has 0 atom stereocenters. The van der Waals surface area contributed by atoms with Gasteiger partial charge in [-0.25, -0.2) is 14.2 Å². The number of aromatic carboxylic acids is 1. The van der Waals surface area contributed by atoms with Crippen LogP contribution in [0.3, 0.4) is 0 Å². The highest BCUT2D eigenvalue weighted by Crippen LogP contribution is 2.13. The first-order valence-corrected chi connectivity index (χ1v) is 6.13. The second-order valence-corrected chi connectivity index (χ2v) is 4.34. The van der Waals surface area contributed by atoms with E-state index in [0.29, 0.717) is 6.54 Å². The van der Waals surface area contributed by atoms with Gasteiger partial charge < -0.3 is 9.67 Å². The van der Waals surface area contributed by atoms with Gasteiger partial charge in [-0.15, -0.1) is 0 Å². The van der Waals surface area contributed by atoms with Crippen molar-refractivity contribution >= 4 is 5.97 Å². The molecule has 0 radical (unpaired) electrons. The van der Waals surface area contributed by atoms with Crippen molar-refractivity contribution in [2.24, 2.45) is 0 Å². The molecule has 1 aromatic carbocycles. The van der Waals surface area contributed by atoms with Gasteiger partial charge in [0, 0.05) is 25.4 Å². The SMILES string of the molecule is CCCc1nccn1Cc1ccc(F)c(C(=O)O)c1. The molecule has 1 heterocycles. The average Bonchev–Trinajstić information content (AvgIpc) is 2.79. The first-order valence-electron chi connectivity index (χ1n) is 6.13. The predicted molar refractivity (Wildman–Crippen MR) is 68.7 cm³/mol. The number of rotatable bonds is 5. The fourth-order valence-corrected chi connectivity index (χ4v) is 1.97. The molecule has 5 heteroatoms. The van der Waals surface area contributed by atoms with Gasteiger partial charge in [0.15, 0.2) is 0 Å². The lowest BCUT2D eigenvalue weighted by Crippen LogP contribution is -2.07. The van der Waals surface area contributed by atoms with Crippen LogP contribution in [0.25, 0.3) is 0 Å². The Hall–Kier alpha value is -2.17. The number of hydrogen-bond donors (Lipinski definition) is 1. The highest BCUT2D eigenvalue weighted by molar-refractivity contribution is 5.88. The summed E-state index contributed by atoms with van der Waals surface area (Å²) < 4.78 is 15.2. The van der Waals surface area contributed by atoms with Gasteiger partial charge in [-0.1, -0.05) is 13.0 Å². The Labute approximate surface area is 110 Å². The standard InChI is InChI=1S/C14H15FN2O2/c1-2-3-13-16-6-7-17(13)9-10-4-5-12(15)11(8-10)14(18)19/h4-8H,2-3,9H2,1H3,(H,18,19). The van der Waals surface area contributed by atoms with E-state index in [-0.39, 0.29) is 5.56 Å². The average molecular weight is 262 g/mol. The molecular formula is C14H15FN2O2. The van der Waals surface area contributed by atoms with E-state index in [0.717, 1.165) is 24.2 Å². The third kappa shape index (κ3) is 2.99. The van der Waals surface area contributed by atoms with E-state index in [2.05, 4.69) is 11.9 Å². The lowest BCUT2D eigenvalue weighted by Gasteiger charge is -2.08. The number of carboxylic acid groups (broad SMARTS) is 1. The summed E-state index contributed by atoms with van der Waals surface area (Å²) in [5.74, 6) is -1.02. The summed E-state index contributed by atoms with van der Waals surface area (Å²) in [6.45, 7) is 2.56. The van der Waals surface area contributed by atoms with E-state index in [1.165, 1.54) is 12.1 Å². The first-order chi connectivity index (χ1) is 9.11. The molecule has 19 heavy (non-hydrogen) atoms. The van der Waals surface area contributed by atoms with Crippen molar-refractivity contribution in [3.05, 3.63) is 53.4 Å². The molecule has 0 amide bonds. The number of imidazole rings is 1. The quantitative estimate of drug-likeness (QED) is 0.901. The smallest absolute Gasteiger partial charge is 0.338 e. The minimum absolute atomic E-state index is 0.297. The zero-order chi connectivity index (χ0) is 13.8. The third-order valence-corrected chi connectivity index (χ3v) is 2.89. The number of nitrogens with zero attached hydrogens (tertiary/aromatic N) is 2. The molecule has 100 valence electrons. The number of halogens is 1. The zero-order valence-corrected chi connectivity index (χ0v) is 10.6. The number of carbonyl (C=O) groups is 1. The van der Waals surface area contributed by atoms with Gasteiger partial charge in [0.05, 0.1) is 5.56 Å². The largest absolute Gasteiger partial charge is 0.478 e. The molecule has 4 nitrogen and oxygen atoms in total. The van der Waals surface area contributed by atoms with Crippen molar-refractivity contribution in [3.63, 3.8) is 0 Å². The lowest BCUT2D eigenvalue weighted by molar-refractivity contribution is 0.0691. The van der Waals surface area contributed by atoms with Crippen LogP contribution in [-0.4, -0.2) is 20.6 Å². The molecule has 0 aliphatic carbocycles. The topological polar surface area (TPSA) is 55.1 Å². The van der Waals surface area contributed by atoms with Crippen LogP contribution in [0.2, 0.25) is 0 Å². The molecule has 0 unspecified atom stereocenters. The molecule has 2 aromatic rings. The number of aromatic nitrogens is 2. The van der Waals surface area contributed by atoms with Gasteiger partial charge in [0.1, 0.15) is 11.6 Å². The molecule has 1 N–H and O–H groups in total. The Kier molecular flexibility index (Phi) is 3.94. The van der Waals surface area contributed by atoms with E-state index < -0.39 is 11.8 Å². The maximum absolute atomic E-state index is 13.3. The van der Waals surface area contributed by atoms with Crippen molar-refractivity contribution in [2.45, 2.75) is 26.3 Å². The van der Waals surface area contributed by atoms with Crippen LogP contribution in [-0.2, 0) is 13.0 Å². The summed E-state index contributed by atoms with van der Waals surface area (Å²) in [5.41, 5.74) is 0.448. The van der Waals surface area contributed by atoms with Gasteiger partial charge in [-0.3, -0.25) is 0 Å². The van der Waals surface area contributed by atoms with E-state index >= 15 is 0 Å². The summed E-state index contributed by atoms with van der Waals surface area (Å²) in [6, 6.07) is 4.15. The van der Waals surface area contributed by atoms with Gasteiger partial charge >= 0.3 is 5.97 Å². The predicted octanol–water partition coefficient (Wildman–Crippen LogP) is 2.72. The Morgan fingerprint density at radius 3 is 2.95 bits per heavy atom. The maximum atomic E-state index is 13.3. The summed E-state index contributed by atoms with van der Waals surface area (Å²) in [7, 11) is 0. The van der Waals surface area contributed by atoms with Gasteiger partial charge in [-0.05, 0) is 24.1 Å². The number of hydrogen-bond acceptors (Lipinski definition) is 2. The minimum atomic E-state index is -1.25. The molecule has 0 aliphatic rings. The minimum Gasteiger partial charge on any atom is -0.478 e. The van der Waals surface area contributed by atoms with E-state index in [1.54, 1.807) is 12.3 Å². The maximum Gasteiger partial charge on any atom is 0.338 e. The molecule has 1 aromatic heterocycles. The molecule has 0 aliphatic heterocycles. The van der Waals surface area contributed by atoms with Crippen molar-refractivity contribution < 1.29 is 14.3 Å². The molecular weight excluding hydrogens is 247 g/mol. The van der Waals surface area contributed by atoms with Crippen LogP contribution >= 0.6 is 0 Å². The van der Waals surface area contributed by atoms with Crippen molar-refractivity contribution in [2.75, 3.05) is 0 Å². The Balaban J connectivity index is 2.26. The van der Waals surface area contributed by atoms with Gasteiger partial charge in [0.25, 0.3) is 0 Å². The van der Waals surface area contributed by atoms with Crippen LogP contribution in [0.1, 0.15) is 35.1 Å². The van der Waals surface area contributed by atoms with E-state index in [1.807, 2.05) is 10.8 Å². The highest BCUT2D eigenvalue weighted by Gasteiger charge is 2.11. The van der Waals surface area contributed by atoms with E-state index in [9.17, 15) is 9.18 Å². The van der Waals surface area contributed by atoms with Crippen LogP contribution in [0.4, 0.5) is 4.39 Å². The fourth-order valence-electron chi connectivity index (χ4n) is 1.97. The summed E-state index contributed by atoms with van der Waals surface area (Å²) in [4.78, 5) is 15.1. The summed E-state index contributed by atoms with van der Waals surface area (Å²) in [5, 5.41) is 8.90. The van der Waals surface area contributed by atoms with Crippen LogP contribution < -0.4 is 0 Å². The lowest BCUT2D eigenvalue weighted by atomic mass is 10.1. The molecule has 0 bridgehead atoms. The third-order valence-electron chi connectivity index (χ3n) is 2.89. The zero-order valence-electron chi connectivity index (χ0n) is 10.6. The monoisotopic (exact) mass is 262 g/mol. The van der Waals surface area contributed by atoms with Crippen molar-refractivity contribution in [1.82, 2.24) is 9.55 Å². The Morgan fingerprint density at radius 1 is 1.47 bits per heavy atom. The van der Waals surface area contributed by atoms with E-state index in [4.69, 9.17) is 5.11 Å².